The molecule has 0 atom stereocenters. The molecular weight excluding hydrogens is 356 g/mol. The molecule has 0 aliphatic rings. The van der Waals surface area contributed by atoms with Gasteiger partial charge in [-0.15, -0.1) is 0 Å². The fourth-order valence-electron chi connectivity index (χ4n) is 3.04. The van der Waals surface area contributed by atoms with Gasteiger partial charge in [0.05, 0.1) is 21.3 Å². The molecule has 28 heavy (non-hydrogen) atoms. The Bertz CT molecular complexity index is 806. The molecular formula is C23H26O5. The second-order valence-corrected chi connectivity index (χ2v) is 6.42. The predicted molar refractivity (Wildman–Crippen MR) is 108 cm³/mol. The van der Waals surface area contributed by atoms with E-state index in [0.29, 0.717) is 6.42 Å². The first kappa shape index (κ1) is 21.2. The minimum atomic E-state index is -0.998. The summed E-state index contributed by atoms with van der Waals surface area (Å²) in [7, 11) is 4.17. The first-order chi connectivity index (χ1) is 13.5. The van der Waals surface area contributed by atoms with E-state index in [-0.39, 0.29) is 6.42 Å². The fraction of sp³-hybridized carbons (Fsp3) is 0.304. The number of methoxy groups -OCH3 is 3. The van der Waals surface area contributed by atoms with Crippen LogP contribution in [0.1, 0.15) is 24.5 Å². The van der Waals surface area contributed by atoms with E-state index in [1.165, 1.54) is 14.2 Å². The number of carbonyl (C=O) groups is 2. The summed E-state index contributed by atoms with van der Waals surface area (Å²) in [5.41, 5.74) is 4.07. The normalized spacial score (nSPS) is 11.6. The Hall–Kier alpha value is -3.08. The van der Waals surface area contributed by atoms with Gasteiger partial charge in [0.25, 0.3) is 0 Å². The molecule has 0 saturated carbocycles. The minimum Gasteiger partial charge on any atom is -0.497 e. The first-order valence-corrected chi connectivity index (χ1v) is 9.02. The number of esters is 2. The van der Waals surface area contributed by atoms with Crippen LogP contribution < -0.4 is 4.74 Å². The third-order valence-corrected chi connectivity index (χ3v) is 4.74. The lowest BCUT2D eigenvalue weighted by Gasteiger charge is -2.18. The summed E-state index contributed by atoms with van der Waals surface area (Å²) in [5, 5.41) is 0. The van der Waals surface area contributed by atoms with Crippen molar-refractivity contribution in [2.24, 2.45) is 5.92 Å². The first-order valence-electron chi connectivity index (χ1n) is 9.02. The second kappa shape index (κ2) is 10.3. The molecule has 0 aliphatic heterocycles. The van der Waals surface area contributed by atoms with Gasteiger partial charge in [-0.2, -0.15) is 0 Å². The molecule has 0 radical (unpaired) electrons. The molecule has 0 spiro atoms. The monoisotopic (exact) mass is 382 g/mol. The Balaban J connectivity index is 2.44. The average molecular weight is 382 g/mol. The molecule has 0 heterocycles. The van der Waals surface area contributed by atoms with E-state index in [1.54, 1.807) is 7.11 Å². The van der Waals surface area contributed by atoms with E-state index in [0.717, 1.165) is 28.0 Å². The number of benzene rings is 2. The number of allylic oxidation sites excluding steroid dienone is 2. The Morgan fingerprint density at radius 1 is 0.857 bits per heavy atom. The summed E-state index contributed by atoms with van der Waals surface area (Å²) in [4.78, 5) is 24.4. The Morgan fingerprint density at radius 2 is 1.43 bits per heavy atom. The SMILES string of the molecule is COC(=O)C(C/C(Cc1ccccc1)=C(\C)c1ccc(OC)cc1)C(=O)OC. The van der Waals surface area contributed by atoms with Crippen LogP contribution in [0.4, 0.5) is 0 Å². The molecule has 2 aromatic carbocycles. The molecule has 0 amide bonds. The summed E-state index contributed by atoms with van der Waals surface area (Å²) >= 11 is 0. The highest BCUT2D eigenvalue weighted by molar-refractivity contribution is 5.95. The molecule has 2 rings (SSSR count). The highest BCUT2D eigenvalue weighted by atomic mass is 16.5. The zero-order chi connectivity index (χ0) is 20.5. The maximum atomic E-state index is 12.2. The smallest absolute Gasteiger partial charge is 0.320 e. The zero-order valence-corrected chi connectivity index (χ0v) is 16.7. The standard InChI is InChI=1S/C23H26O5/c1-16(18-10-12-20(26-2)13-11-18)19(14-17-8-6-5-7-9-17)15-21(22(24)27-3)23(25)28-4/h5-13,21H,14-15H2,1-4H3/b19-16+. The molecule has 0 bridgehead atoms. The Kier molecular flexibility index (Phi) is 7.81. The summed E-state index contributed by atoms with van der Waals surface area (Å²) in [5.74, 6) is -1.43. The van der Waals surface area contributed by atoms with E-state index in [2.05, 4.69) is 0 Å². The van der Waals surface area contributed by atoms with Crippen molar-refractivity contribution in [3.8, 4) is 5.75 Å². The van der Waals surface area contributed by atoms with Gasteiger partial charge in [0.15, 0.2) is 5.92 Å². The number of hydrogen-bond acceptors (Lipinski definition) is 5. The van der Waals surface area contributed by atoms with Crippen LogP contribution in [-0.2, 0) is 25.5 Å². The highest BCUT2D eigenvalue weighted by Crippen LogP contribution is 2.28. The van der Waals surface area contributed by atoms with Gasteiger partial charge in [-0.05, 0) is 48.6 Å². The fourth-order valence-corrected chi connectivity index (χ4v) is 3.04. The lowest BCUT2D eigenvalue weighted by molar-refractivity contribution is -0.158. The number of carbonyl (C=O) groups excluding carboxylic acids is 2. The van der Waals surface area contributed by atoms with Gasteiger partial charge in [0, 0.05) is 0 Å². The van der Waals surface area contributed by atoms with Crippen LogP contribution in [0.15, 0.2) is 60.2 Å². The summed E-state index contributed by atoms with van der Waals surface area (Å²) < 4.78 is 14.9. The second-order valence-electron chi connectivity index (χ2n) is 6.42. The molecule has 0 N–H and O–H groups in total. The minimum absolute atomic E-state index is 0.228. The van der Waals surface area contributed by atoms with Crippen molar-refractivity contribution in [2.45, 2.75) is 19.8 Å². The van der Waals surface area contributed by atoms with Crippen molar-refractivity contribution in [1.29, 1.82) is 0 Å². The highest BCUT2D eigenvalue weighted by Gasteiger charge is 2.30. The van der Waals surface area contributed by atoms with Gasteiger partial charge >= 0.3 is 11.9 Å². The maximum absolute atomic E-state index is 12.2. The molecule has 5 heteroatoms. The lowest BCUT2D eigenvalue weighted by atomic mass is 9.89. The average Bonchev–Trinajstić information content (AvgIpc) is 2.75. The molecule has 0 aromatic heterocycles. The van der Waals surface area contributed by atoms with Crippen molar-refractivity contribution < 1.29 is 23.8 Å². The van der Waals surface area contributed by atoms with Crippen LogP contribution in [-0.4, -0.2) is 33.3 Å². The van der Waals surface area contributed by atoms with Crippen LogP contribution in [0, 0.1) is 5.92 Å². The Labute approximate surface area is 165 Å². The summed E-state index contributed by atoms with van der Waals surface area (Å²) in [6.07, 6.45) is 0.843. The van der Waals surface area contributed by atoms with Crippen LogP contribution in [0.5, 0.6) is 5.75 Å². The van der Waals surface area contributed by atoms with E-state index >= 15 is 0 Å². The molecule has 148 valence electrons. The van der Waals surface area contributed by atoms with Crippen molar-refractivity contribution in [3.63, 3.8) is 0 Å². The largest absolute Gasteiger partial charge is 0.497 e. The maximum Gasteiger partial charge on any atom is 0.320 e. The van der Waals surface area contributed by atoms with E-state index < -0.39 is 17.9 Å². The molecule has 2 aromatic rings. The van der Waals surface area contributed by atoms with Crippen LogP contribution in [0.3, 0.4) is 0 Å². The van der Waals surface area contributed by atoms with E-state index in [4.69, 9.17) is 14.2 Å². The van der Waals surface area contributed by atoms with Gasteiger partial charge in [-0.25, -0.2) is 0 Å². The quantitative estimate of drug-likeness (QED) is 0.509. The number of rotatable bonds is 8. The van der Waals surface area contributed by atoms with Gasteiger partial charge in [0.1, 0.15) is 5.75 Å². The summed E-state index contributed by atoms with van der Waals surface area (Å²) in [6, 6.07) is 17.6. The van der Waals surface area contributed by atoms with Gasteiger partial charge < -0.3 is 14.2 Å². The van der Waals surface area contributed by atoms with Crippen molar-refractivity contribution >= 4 is 17.5 Å². The topological polar surface area (TPSA) is 61.8 Å². The van der Waals surface area contributed by atoms with Gasteiger partial charge in [-0.1, -0.05) is 48.0 Å². The van der Waals surface area contributed by atoms with E-state index in [9.17, 15) is 9.59 Å². The van der Waals surface area contributed by atoms with Gasteiger partial charge in [-0.3, -0.25) is 9.59 Å². The van der Waals surface area contributed by atoms with Crippen molar-refractivity contribution in [1.82, 2.24) is 0 Å². The van der Waals surface area contributed by atoms with Crippen molar-refractivity contribution in [3.05, 3.63) is 71.3 Å². The summed E-state index contributed by atoms with van der Waals surface area (Å²) in [6.45, 7) is 1.99. The molecule has 5 nitrogen and oxygen atoms in total. The number of hydrogen-bond donors (Lipinski definition) is 0. The van der Waals surface area contributed by atoms with Crippen LogP contribution in [0.2, 0.25) is 0 Å². The molecule has 0 saturated heterocycles. The molecule has 0 unspecified atom stereocenters. The van der Waals surface area contributed by atoms with Crippen LogP contribution in [0.25, 0.3) is 5.57 Å². The van der Waals surface area contributed by atoms with Crippen LogP contribution >= 0.6 is 0 Å². The third kappa shape index (κ3) is 5.46. The Morgan fingerprint density at radius 3 is 1.93 bits per heavy atom. The lowest BCUT2D eigenvalue weighted by Crippen LogP contribution is -2.27. The zero-order valence-electron chi connectivity index (χ0n) is 16.7. The van der Waals surface area contributed by atoms with E-state index in [1.807, 2.05) is 61.5 Å². The predicted octanol–water partition coefficient (Wildman–Crippen LogP) is 4.06. The third-order valence-electron chi connectivity index (χ3n) is 4.74. The van der Waals surface area contributed by atoms with Gasteiger partial charge in [0.2, 0.25) is 0 Å². The molecule has 0 fully saturated rings. The van der Waals surface area contributed by atoms with Crippen molar-refractivity contribution in [2.75, 3.05) is 21.3 Å². The number of ether oxygens (including phenoxy) is 3. The molecule has 0 aliphatic carbocycles.